The summed E-state index contributed by atoms with van der Waals surface area (Å²) in [4.78, 5) is 0.258. The van der Waals surface area contributed by atoms with Crippen LogP contribution in [0.15, 0.2) is 46.7 Å². The molecule has 1 aliphatic heterocycles. The molecule has 2 rings (SSSR count). The van der Waals surface area contributed by atoms with Gasteiger partial charge in [0.15, 0.2) is 18.2 Å². The zero-order valence-electron chi connectivity index (χ0n) is 18.2. The Morgan fingerprint density at radius 2 is 1.66 bits per heavy atom. The van der Waals surface area contributed by atoms with Crippen molar-refractivity contribution in [2.75, 3.05) is 6.61 Å². The van der Waals surface area contributed by atoms with Gasteiger partial charge in [-0.3, -0.25) is 0 Å². The van der Waals surface area contributed by atoms with E-state index >= 15 is 0 Å². The Labute approximate surface area is 177 Å². The summed E-state index contributed by atoms with van der Waals surface area (Å²) in [7, 11) is -5.39. The average molecular weight is 441 g/mol. The van der Waals surface area contributed by atoms with Gasteiger partial charge < -0.3 is 14.3 Å². The minimum Gasteiger partial charge on any atom is -0.413 e. The van der Waals surface area contributed by atoms with Gasteiger partial charge in [-0.25, -0.2) is 8.42 Å². The number of hydrogen-bond donors (Lipinski definition) is 1. The van der Waals surface area contributed by atoms with Gasteiger partial charge in [0.25, 0.3) is 0 Å². The van der Waals surface area contributed by atoms with Crippen LogP contribution in [0, 0.1) is 11.8 Å². The molecule has 0 radical (unpaired) electrons. The standard InChI is InChI=1S/C22H36O5SSi/c1-6-29(7-2,8-3)27-22-17(4)20(26-21(16-23)18(22)5)14-15-28(24,25)19-12-10-9-11-13-19/h9-15,17-18,20-23H,6-8,16H2,1-5H3/t17-,18+,20+,21-,22+/m1/s1. The summed E-state index contributed by atoms with van der Waals surface area (Å²) in [6.07, 6.45) is 0.749. The number of aliphatic hydroxyl groups is 1. The number of aliphatic hydroxyl groups excluding tert-OH is 1. The molecule has 164 valence electrons. The monoisotopic (exact) mass is 440 g/mol. The second kappa shape index (κ2) is 10.4. The maximum Gasteiger partial charge on any atom is 0.199 e. The van der Waals surface area contributed by atoms with E-state index in [2.05, 4.69) is 34.6 Å². The summed E-state index contributed by atoms with van der Waals surface area (Å²) < 4.78 is 38.1. The first-order valence-electron chi connectivity index (χ1n) is 10.7. The molecule has 5 nitrogen and oxygen atoms in total. The number of hydrogen-bond acceptors (Lipinski definition) is 5. The molecular weight excluding hydrogens is 404 g/mol. The molecule has 0 aliphatic carbocycles. The Balaban J connectivity index is 2.28. The highest BCUT2D eigenvalue weighted by Crippen LogP contribution is 2.37. The van der Waals surface area contributed by atoms with Gasteiger partial charge >= 0.3 is 0 Å². The van der Waals surface area contributed by atoms with Crippen molar-refractivity contribution in [2.45, 2.75) is 76.0 Å². The quantitative estimate of drug-likeness (QED) is 0.576. The van der Waals surface area contributed by atoms with Gasteiger partial charge in [-0.05, 0) is 36.3 Å². The van der Waals surface area contributed by atoms with Crippen LogP contribution in [0.1, 0.15) is 34.6 Å². The summed E-state index contributed by atoms with van der Waals surface area (Å²) in [6.45, 7) is 10.6. The molecule has 7 heteroatoms. The average Bonchev–Trinajstić information content (AvgIpc) is 2.74. The van der Waals surface area contributed by atoms with Gasteiger partial charge in [0.1, 0.15) is 0 Å². The lowest BCUT2D eigenvalue weighted by atomic mass is 9.83. The van der Waals surface area contributed by atoms with Crippen LogP contribution in [-0.4, -0.2) is 46.8 Å². The SMILES string of the molecule is CC[Si](CC)(CC)O[C@@H]1[C@@H](C)[C@@H](CO)O[C@@H](C=CS(=O)(=O)c2ccccc2)[C@H]1C. The molecule has 1 heterocycles. The van der Waals surface area contributed by atoms with Crippen molar-refractivity contribution in [1.82, 2.24) is 0 Å². The molecular formula is C22H36O5SSi. The maximum atomic E-state index is 12.6. The normalized spacial score (nSPS) is 28.7. The fourth-order valence-electron chi connectivity index (χ4n) is 4.13. The van der Waals surface area contributed by atoms with Crippen molar-refractivity contribution in [3.05, 3.63) is 41.8 Å². The van der Waals surface area contributed by atoms with Gasteiger partial charge in [-0.1, -0.05) is 52.8 Å². The smallest absolute Gasteiger partial charge is 0.199 e. The molecule has 0 bridgehead atoms. The fourth-order valence-corrected chi connectivity index (χ4v) is 8.19. The first kappa shape index (κ1) is 24.3. The Morgan fingerprint density at radius 1 is 1.07 bits per heavy atom. The van der Waals surface area contributed by atoms with Crippen LogP contribution in [0.4, 0.5) is 0 Å². The number of ether oxygens (including phenoxy) is 1. The first-order chi connectivity index (χ1) is 13.7. The van der Waals surface area contributed by atoms with Crippen LogP contribution < -0.4 is 0 Å². The van der Waals surface area contributed by atoms with Gasteiger partial charge in [0.05, 0.1) is 29.8 Å². The van der Waals surface area contributed by atoms with Crippen LogP contribution in [0.3, 0.4) is 0 Å². The molecule has 1 aliphatic rings. The highest BCUT2D eigenvalue weighted by Gasteiger charge is 2.44. The highest BCUT2D eigenvalue weighted by atomic mass is 32.2. The Bertz CT molecular complexity index is 752. The Hall–Kier alpha value is -0.993. The minimum atomic E-state index is -3.54. The van der Waals surface area contributed by atoms with E-state index in [9.17, 15) is 13.5 Å². The maximum absolute atomic E-state index is 12.6. The third kappa shape index (κ3) is 5.58. The van der Waals surface area contributed by atoms with Gasteiger partial charge in [-0.2, -0.15) is 0 Å². The molecule has 0 spiro atoms. The molecule has 1 N–H and O–H groups in total. The second-order valence-electron chi connectivity index (χ2n) is 8.05. The molecule has 0 unspecified atom stereocenters. The van der Waals surface area contributed by atoms with Crippen molar-refractivity contribution in [3.8, 4) is 0 Å². The summed E-state index contributed by atoms with van der Waals surface area (Å²) in [5.74, 6) is 0.0356. The van der Waals surface area contributed by atoms with E-state index in [0.717, 1.165) is 18.1 Å². The Kier molecular flexibility index (Phi) is 8.67. The van der Waals surface area contributed by atoms with Crippen molar-refractivity contribution in [3.63, 3.8) is 0 Å². The van der Waals surface area contributed by atoms with Crippen LogP contribution in [0.25, 0.3) is 0 Å². The third-order valence-corrected chi connectivity index (χ3v) is 12.6. The lowest BCUT2D eigenvalue weighted by molar-refractivity contribution is -0.154. The molecule has 1 aromatic carbocycles. The summed E-state index contributed by atoms with van der Waals surface area (Å²) in [5, 5.41) is 11.1. The topological polar surface area (TPSA) is 72.8 Å². The van der Waals surface area contributed by atoms with Crippen molar-refractivity contribution < 1.29 is 22.7 Å². The molecule has 0 aromatic heterocycles. The summed E-state index contributed by atoms with van der Waals surface area (Å²) >= 11 is 0. The van der Waals surface area contributed by atoms with E-state index in [-0.39, 0.29) is 35.5 Å². The molecule has 1 aromatic rings. The number of sulfone groups is 1. The molecule has 29 heavy (non-hydrogen) atoms. The predicted octanol–water partition coefficient (Wildman–Crippen LogP) is 4.40. The molecule has 0 saturated carbocycles. The van der Waals surface area contributed by atoms with Crippen LogP contribution >= 0.6 is 0 Å². The largest absolute Gasteiger partial charge is 0.413 e. The zero-order valence-corrected chi connectivity index (χ0v) is 20.1. The lowest BCUT2D eigenvalue weighted by Gasteiger charge is -2.47. The minimum absolute atomic E-state index is 0.00783. The van der Waals surface area contributed by atoms with Gasteiger partial charge in [-0.15, -0.1) is 0 Å². The second-order valence-corrected chi connectivity index (χ2v) is 14.6. The highest BCUT2D eigenvalue weighted by molar-refractivity contribution is 7.94. The third-order valence-electron chi connectivity index (χ3n) is 6.49. The van der Waals surface area contributed by atoms with Crippen molar-refractivity contribution in [1.29, 1.82) is 0 Å². The van der Waals surface area contributed by atoms with E-state index < -0.39 is 24.3 Å². The van der Waals surface area contributed by atoms with Crippen molar-refractivity contribution >= 4 is 18.2 Å². The van der Waals surface area contributed by atoms with Crippen LogP contribution in [0.5, 0.6) is 0 Å². The zero-order chi connectivity index (χ0) is 21.7. The number of rotatable bonds is 9. The van der Waals surface area contributed by atoms with E-state index in [1.54, 1.807) is 36.4 Å². The van der Waals surface area contributed by atoms with Crippen molar-refractivity contribution in [2.24, 2.45) is 11.8 Å². The van der Waals surface area contributed by atoms with Gasteiger partial charge in [0, 0.05) is 17.2 Å². The summed E-state index contributed by atoms with van der Waals surface area (Å²) in [5.41, 5.74) is 0. The Morgan fingerprint density at radius 3 is 2.17 bits per heavy atom. The fraction of sp³-hybridized carbons (Fsp3) is 0.636. The lowest BCUT2D eigenvalue weighted by Crippen LogP contribution is -2.55. The van der Waals surface area contributed by atoms with Crippen LogP contribution in [-0.2, 0) is 19.0 Å². The van der Waals surface area contributed by atoms with Gasteiger partial charge in [0.2, 0.25) is 0 Å². The molecule has 5 atom stereocenters. The molecule has 0 amide bonds. The first-order valence-corrected chi connectivity index (χ1v) is 14.7. The number of benzene rings is 1. The van der Waals surface area contributed by atoms with E-state index in [1.165, 1.54) is 5.41 Å². The van der Waals surface area contributed by atoms with Crippen LogP contribution in [0.2, 0.25) is 18.1 Å². The predicted molar refractivity (Wildman–Crippen MR) is 119 cm³/mol. The molecule has 1 saturated heterocycles. The van der Waals surface area contributed by atoms with E-state index in [0.29, 0.717) is 0 Å². The summed E-state index contributed by atoms with van der Waals surface area (Å²) in [6, 6.07) is 11.5. The van der Waals surface area contributed by atoms with E-state index in [4.69, 9.17) is 9.16 Å². The van der Waals surface area contributed by atoms with E-state index in [1.807, 2.05) is 0 Å². The molecule has 1 fully saturated rings.